The van der Waals surface area contributed by atoms with Crippen molar-refractivity contribution in [3.05, 3.63) is 58.6 Å². The fraction of sp³-hybridized carbons (Fsp3) is 0.316. The van der Waals surface area contributed by atoms with Crippen LogP contribution in [0.2, 0.25) is 0 Å². The maximum absolute atomic E-state index is 12.3. The molecule has 8 nitrogen and oxygen atoms in total. The summed E-state index contributed by atoms with van der Waals surface area (Å²) in [5, 5.41) is 13.7. The van der Waals surface area contributed by atoms with Crippen LogP contribution in [-0.4, -0.2) is 36.8 Å². The molecule has 8 heteroatoms. The fourth-order valence-electron chi connectivity index (χ4n) is 2.22. The van der Waals surface area contributed by atoms with Crippen LogP contribution >= 0.6 is 0 Å². The lowest BCUT2D eigenvalue weighted by Crippen LogP contribution is -2.30. The van der Waals surface area contributed by atoms with Crippen molar-refractivity contribution in [1.82, 2.24) is 0 Å². The Balaban J connectivity index is 1.95. The molecule has 2 aromatic carbocycles. The monoisotopic (exact) mass is 374 g/mol. The number of carbonyl (C=O) groups is 1. The van der Waals surface area contributed by atoms with Gasteiger partial charge < -0.3 is 19.5 Å². The predicted molar refractivity (Wildman–Crippen MR) is 100 cm³/mol. The van der Waals surface area contributed by atoms with Crippen molar-refractivity contribution in [3.8, 4) is 11.5 Å². The molecule has 1 atom stereocenters. The molecule has 0 aliphatic rings. The molecule has 0 saturated heterocycles. The standard InChI is InChI=1S/C19H22N2O6/c1-3-25-11-12-26-16-8-6-7-15(13-16)20-19(22)14(2)27-18-10-5-4-9-17(18)21(23)24/h4-10,13-14H,3,11-12H2,1-2H3,(H,20,22). The molecule has 1 N–H and O–H groups in total. The number of nitro groups is 1. The normalized spacial score (nSPS) is 11.5. The van der Waals surface area contributed by atoms with Gasteiger partial charge in [0.15, 0.2) is 11.9 Å². The molecule has 2 rings (SSSR count). The van der Waals surface area contributed by atoms with Crippen LogP contribution in [0.4, 0.5) is 11.4 Å². The van der Waals surface area contributed by atoms with Crippen LogP contribution in [-0.2, 0) is 9.53 Å². The first-order valence-corrected chi connectivity index (χ1v) is 8.52. The highest BCUT2D eigenvalue weighted by Gasteiger charge is 2.20. The first-order chi connectivity index (χ1) is 13.0. The topological polar surface area (TPSA) is 99.9 Å². The van der Waals surface area contributed by atoms with E-state index >= 15 is 0 Å². The molecular weight excluding hydrogens is 352 g/mol. The van der Waals surface area contributed by atoms with Crippen LogP contribution in [0.25, 0.3) is 0 Å². The van der Waals surface area contributed by atoms with Crippen LogP contribution in [0.15, 0.2) is 48.5 Å². The van der Waals surface area contributed by atoms with Gasteiger partial charge in [-0.25, -0.2) is 0 Å². The molecule has 0 radical (unpaired) electrons. The van der Waals surface area contributed by atoms with Crippen molar-refractivity contribution in [2.24, 2.45) is 0 Å². The van der Waals surface area contributed by atoms with Crippen molar-refractivity contribution in [1.29, 1.82) is 0 Å². The molecule has 0 aliphatic carbocycles. The molecular formula is C19H22N2O6. The Labute approximate surface area is 157 Å². The van der Waals surface area contributed by atoms with Gasteiger partial charge in [0, 0.05) is 24.4 Å². The van der Waals surface area contributed by atoms with Gasteiger partial charge in [0.05, 0.1) is 11.5 Å². The van der Waals surface area contributed by atoms with E-state index in [1.165, 1.54) is 25.1 Å². The van der Waals surface area contributed by atoms with Crippen molar-refractivity contribution in [2.75, 3.05) is 25.1 Å². The number of ether oxygens (including phenoxy) is 3. The Hall–Kier alpha value is -3.13. The molecule has 0 fully saturated rings. The molecule has 144 valence electrons. The number of amides is 1. The molecule has 0 spiro atoms. The first-order valence-electron chi connectivity index (χ1n) is 8.52. The number of benzene rings is 2. The summed E-state index contributed by atoms with van der Waals surface area (Å²) in [5.41, 5.74) is 0.341. The van der Waals surface area contributed by atoms with E-state index in [9.17, 15) is 14.9 Å². The number of nitro benzene ring substituents is 1. The maximum atomic E-state index is 12.3. The number of rotatable bonds is 10. The van der Waals surface area contributed by atoms with Gasteiger partial charge in [0.2, 0.25) is 0 Å². The first kappa shape index (κ1) is 20.2. The number of anilines is 1. The molecule has 0 saturated carbocycles. The number of hydrogen-bond donors (Lipinski definition) is 1. The molecule has 0 heterocycles. The van der Waals surface area contributed by atoms with E-state index in [0.717, 1.165) is 0 Å². The minimum Gasteiger partial charge on any atom is -0.491 e. The van der Waals surface area contributed by atoms with E-state index in [1.54, 1.807) is 30.3 Å². The van der Waals surface area contributed by atoms with Gasteiger partial charge in [-0.15, -0.1) is 0 Å². The van der Waals surface area contributed by atoms with Crippen LogP contribution in [0.3, 0.4) is 0 Å². The Morgan fingerprint density at radius 1 is 1.19 bits per heavy atom. The van der Waals surface area contributed by atoms with E-state index in [4.69, 9.17) is 14.2 Å². The highest BCUT2D eigenvalue weighted by Crippen LogP contribution is 2.27. The van der Waals surface area contributed by atoms with Gasteiger partial charge in [0.25, 0.3) is 5.91 Å². The SMILES string of the molecule is CCOCCOc1cccc(NC(=O)C(C)Oc2ccccc2[N+](=O)[O-])c1. The number of carbonyl (C=O) groups excluding carboxylic acids is 1. The second kappa shape index (κ2) is 10.1. The second-order valence-electron chi connectivity index (χ2n) is 5.55. The maximum Gasteiger partial charge on any atom is 0.310 e. The van der Waals surface area contributed by atoms with E-state index in [0.29, 0.717) is 31.3 Å². The zero-order chi connectivity index (χ0) is 19.6. The lowest BCUT2D eigenvalue weighted by Gasteiger charge is -2.15. The summed E-state index contributed by atoms with van der Waals surface area (Å²) in [7, 11) is 0. The second-order valence-corrected chi connectivity index (χ2v) is 5.55. The summed E-state index contributed by atoms with van der Waals surface area (Å²) in [6.45, 7) is 4.94. The van der Waals surface area contributed by atoms with Crippen molar-refractivity contribution in [3.63, 3.8) is 0 Å². The number of nitrogens with one attached hydrogen (secondary N) is 1. The van der Waals surface area contributed by atoms with Crippen LogP contribution in [0.5, 0.6) is 11.5 Å². The highest BCUT2D eigenvalue weighted by molar-refractivity contribution is 5.94. The van der Waals surface area contributed by atoms with Crippen molar-refractivity contribution in [2.45, 2.75) is 20.0 Å². The quantitative estimate of drug-likeness (QED) is 0.389. The number of para-hydroxylation sites is 2. The molecule has 1 unspecified atom stereocenters. The summed E-state index contributed by atoms with van der Waals surface area (Å²) >= 11 is 0. The van der Waals surface area contributed by atoms with Gasteiger partial charge in [-0.05, 0) is 32.0 Å². The third kappa shape index (κ3) is 6.27. The van der Waals surface area contributed by atoms with Gasteiger partial charge in [-0.1, -0.05) is 18.2 Å². The average Bonchev–Trinajstić information content (AvgIpc) is 2.66. The lowest BCUT2D eigenvalue weighted by atomic mass is 10.2. The van der Waals surface area contributed by atoms with Crippen molar-refractivity contribution < 1.29 is 23.9 Å². The molecule has 1 amide bonds. The Kier molecular flexibility index (Phi) is 7.57. The Morgan fingerprint density at radius 2 is 1.96 bits per heavy atom. The van der Waals surface area contributed by atoms with Gasteiger partial charge in [-0.3, -0.25) is 14.9 Å². The molecule has 2 aromatic rings. The average molecular weight is 374 g/mol. The minimum absolute atomic E-state index is 0.0400. The number of hydrogen-bond acceptors (Lipinski definition) is 6. The summed E-state index contributed by atoms with van der Waals surface area (Å²) in [4.78, 5) is 22.8. The van der Waals surface area contributed by atoms with Crippen LogP contribution < -0.4 is 14.8 Å². The summed E-state index contributed by atoms with van der Waals surface area (Å²) < 4.78 is 16.2. The van der Waals surface area contributed by atoms with Crippen LogP contribution in [0, 0.1) is 10.1 Å². The highest BCUT2D eigenvalue weighted by atomic mass is 16.6. The summed E-state index contributed by atoms with van der Waals surface area (Å²) in [6.07, 6.45) is -0.923. The third-order valence-electron chi connectivity index (χ3n) is 3.54. The fourth-order valence-corrected chi connectivity index (χ4v) is 2.22. The zero-order valence-corrected chi connectivity index (χ0v) is 15.2. The van der Waals surface area contributed by atoms with Crippen molar-refractivity contribution >= 4 is 17.3 Å². The largest absolute Gasteiger partial charge is 0.491 e. The lowest BCUT2D eigenvalue weighted by molar-refractivity contribution is -0.386. The van der Waals surface area contributed by atoms with E-state index in [2.05, 4.69) is 5.32 Å². The van der Waals surface area contributed by atoms with Gasteiger partial charge in [0.1, 0.15) is 12.4 Å². The summed E-state index contributed by atoms with van der Waals surface area (Å²) in [5.74, 6) is 0.206. The van der Waals surface area contributed by atoms with E-state index in [1.807, 2.05) is 6.92 Å². The van der Waals surface area contributed by atoms with E-state index in [-0.39, 0.29) is 11.4 Å². The zero-order valence-electron chi connectivity index (χ0n) is 15.2. The Morgan fingerprint density at radius 3 is 2.70 bits per heavy atom. The smallest absolute Gasteiger partial charge is 0.310 e. The van der Waals surface area contributed by atoms with Crippen LogP contribution in [0.1, 0.15) is 13.8 Å². The predicted octanol–water partition coefficient (Wildman–Crippen LogP) is 3.42. The van der Waals surface area contributed by atoms with E-state index < -0.39 is 16.9 Å². The Bertz CT molecular complexity index is 780. The molecule has 0 bridgehead atoms. The number of nitrogens with zero attached hydrogens (tertiary/aromatic N) is 1. The summed E-state index contributed by atoms with van der Waals surface area (Å²) in [6, 6.07) is 12.8. The molecule has 27 heavy (non-hydrogen) atoms. The van der Waals surface area contributed by atoms with Gasteiger partial charge >= 0.3 is 5.69 Å². The van der Waals surface area contributed by atoms with Gasteiger partial charge in [-0.2, -0.15) is 0 Å². The minimum atomic E-state index is -0.923. The third-order valence-corrected chi connectivity index (χ3v) is 3.54. The molecule has 0 aliphatic heterocycles. The molecule has 0 aromatic heterocycles.